The number of carbonyl (C=O) groups excluding carboxylic acids is 1. The Bertz CT molecular complexity index is 726. The summed E-state index contributed by atoms with van der Waals surface area (Å²) in [6.45, 7) is 4.82. The van der Waals surface area contributed by atoms with Gasteiger partial charge >= 0.3 is 6.03 Å². The molecule has 0 radical (unpaired) electrons. The summed E-state index contributed by atoms with van der Waals surface area (Å²) in [5.74, 6) is 0.931. The summed E-state index contributed by atoms with van der Waals surface area (Å²) in [5, 5.41) is 2.95. The molecule has 3 N–H and O–H groups in total. The number of amides is 2. The minimum atomic E-state index is -0.0997. The van der Waals surface area contributed by atoms with E-state index in [0.29, 0.717) is 12.6 Å². The summed E-state index contributed by atoms with van der Waals surface area (Å²) in [7, 11) is 1.83. The van der Waals surface area contributed by atoms with Crippen LogP contribution in [0.15, 0.2) is 36.7 Å². The summed E-state index contributed by atoms with van der Waals surface area (Å²) in [6.07, 6.45) is 7.06. The van der Waals surface area contributed by atoms with Crippen molar-refractivity contribution in [2.45, 2.75) is 45.2 Å². The van der Waals surface area contributed by atoms with Crippen LogP contribution in [0.25, 0.3) is 5.69 Å². The van der Waals surface area contributed by atoms with Crippen molar-refractivity contribution in [2.75, 3.05) is 18.9 Å². The molecule has 26 heavy (non-hydrogen) atoms. The molecule has 0 aliphatic carbocycles. The van der Waals surface area contributed by atoms with Crippen LogP contribution in [-0.2, 0) is 0 Å². The molecule has 2 heterocycles. The molecule has 3 rings (SSSR count). The number of hydrogen-bond acceptors (Lipinski definition) is 4. The van der Waals surface area contributed by atoms with Crippen LogP contribution in [-0.4, -0.2) is 46.2 Å². The molecule has 0 bridgehead atoms. The van der Waals surface area contributed by atoms with Crippen molar-refractivity contribution in [1.82, 2.24) is 25.3 Å². The average molecular weight is 356 g/mol. The first-order chi connectivity index (χ1) is 12.6. The molecule has 0 saturated carbocycles. The fraction of sp³-hybridized carbons (Fsp3) is 0.474. The van der Waals surface area contributed by atoms with Gasteiger partial charge in [-0.05, 0) is 44.0 Å². The van der Waals surface area contributed by atoms with Crippen LogP contribution in [0.1, 0.15) is 32.0 Å². The Hall–Kier alpha value is -2.38. The van der Waals surface area contributed by atoms with Gasteiger partial charge in [0, 0.05) is 49.4 Å². The molecule has 140 valence electrons. The van der Waals surface area contributed by atoms with E-state index in [4.69, 9.17) is 0 Å². The van der Waals surface area contributed by atoms with E-state index in [-0.39, 0.29) is 12.1 Å². The minimum Gasteiger partial charge on any atom is -0.326 e. The molecule has 1 fully saturated rings. The van der Waals surface area contributed by atoms with Gasteiger partial charge in [-0.25, -0.2) is 9.78 Å². The lowest BCUT2D eigenvalue weighted by molar-refractivity contribution is 0.217. The van der Waals surface area contributed by atoms with Crippen molar-refractivity contribution >= 4 is 11.7 Å². The van der Waals surface area contributed by atoms with Gasteiger partial charge in [0.05, 0.1) is 0 Å². The Balaban J connectivity index is 1.52. The first kappa shape index (κ1) is 18.4. The number of hydrogen-bond donors (Lipinski definition) is 3. The van der Waals surface area contributed by atoms with Gasteiger partial charge in [0.15, 0.2) is 0 Å². The second kappa shape index (κ2) is 8.33. The van der Waals surface area contributed by atoms with Crippen molar-refractivity contribution in [3.8, 4) is 5.69 Å². The number of aryl methyl sites for hydroxylation is 1. The maximum atomic E-state index is 12.4. The van der Waals surface area contributed by atoms with Crippen molar-refractivity contribution < 1.29 is 4.79 Å². The van der Waals surface area contributed by atoms with Gasteiger partial charge < -0.3 is 14.8 Å². The largest absolute Gasteiger partial charge is 0.326 e. The van der Waals surface area contributed by atoms with Crippen molar-refractivity contribution in [2.24, 2.45) is 0 Å². The average Bonchev–Trinajstić information content (AvgIpc) is 3.25. The van der Waals surface area contributed by atoms with Crippen LogP contribution in [0.3, 0.4) is 0 Å². The number of rotatable bonds is 6. The minimum absolute atomic E-state index is 0.0997. The van der Waals surface area contributed by atoms with Gasteiger partial charge in [-0.1, -0.05) is 13.3 Å². The molecule has 0 spiro atoms. The molecule has 1 aromatic carbocycles. The summed E-state index contributed by atoms with van der Waals surface area (Å²) < 4.78 is 2.00. The van der Waals surface area contributed by atoms with Crippen LogP contribution in [0.4, 0.5) is 10.5 Å². The Morgan fingerprint density at radius 3 is 2.69 bits per heavy atom. The van der Waals surface area contributed by atoms with Crippen LogP contribution < -0.4 is 16.2 Å². The molecule has 2 amide bonds. The van der Waals surface area contributed by atoms with E-state index in [1.165, 1.54) is 0 Å². The number of aromatic nitrogens is 2. The lowest BCUT2D eigenvalue weighted by atomic mass is 10.1. The van der Waals surface area contributed by atoms with Crippen molar-refractivity contribution in [3.05, 3.63) is 42.5 Å². The molecular formula is C19H28N6O. The number of urea groups is 1. The van der Waals surface area contributed by atoms with Crippen LogP contribution in [0.5, 0.6) is 0 Å². The van der Waals surface area contributed by atoms with Gasteiger partial charge in [-0.15, -0.1) is 0 Å². The third kappa shape index (κ3) is 4.42. The highest BCUT2D eigenvalue weighted by Crippen LogP contribution is 2.16. The number of nitrogens with zero attached hydrogens (tertiary/aromatic N) is 3. The normalized spacial score (nSPS) is 19.5. The fourth-order valence-corrected chi connectivity index (χ4v) is 3.34. The molecule has 1 aromatic heterocycles. The topological polar surface area (TPSA) is 74.2 Å². The molecule has 7 heteroatoms. The first-order valence-electron chi connectivity index (χ1n) is 9.20. The smallest absolute Gasteiger partial charge is 0.321 e. The highest BCUT2D eigenvalue weighted by molar-refractivity contribution is 5.89. The molecule has 1 saturated heterocycles. The maximum Gasteiger partial charge on any atom is 0.321 e. The van der Waals surface area contributed by atoms with E-state index in [2.05, 4.69) is 28.1 Å². The molecule has 2 unspecified atom stereocenters. The SMILES string of the molecule is CCCC1CC(CN(C)C(=O)Nc2ccc(-n3ccnc3C)cc2)NN1. The standard InChI is InChI=1S/C19H28N6O/c1-4-5-16-12-17(23-22-16)13-24(3)19(26)21-15-6-8-18(9-7-15)25-11-10-20-14(25)2/h6-11,16-17,22-23H,4-5,12-13H2,1-3H3,(H,21,26). The fourth-order valence-electron chi connectivity index (χ4n) is 3.34. The summed E-state index contributed by atoms with van der Waals surface area (Å²) >= 11 is 0. The van der Waals surface area contributed by atoms with Gasteiger partial charge in [-0.3, -0.25) is 10.9 Å². The Kier molecular flexibility index (Phi) is 5.90. The van der Waals surface area contributed by atoms with Gasteiger partial charge in [-0.2, -0.15) is 0 Å². The number of benzene rings is 1. The van der Waals surface area contributed by atoms with E-state index in [1.807, 2.05) is 49.0 Å². The lowest BCUT2D eigenvalue weighted by Crippen LogP contribution is -2.42. The van der Waals surface area contributed by atoms with E-state index in [1.54, 1.807) is 11.1 Å². The molecule has 2 aromatic rings. The number of carbonyl (C=O) groups is 1. The number of hydrazine groups is 1. The third-order valence-electron chi connectivity index (χ3n) is 4.76. The Morgan fingerprint density at radius 1 is 1.31 bits per heavy atom. The van der Waals surface area contributed by atoms with Crippen molar-refractivity contribution in [1.29, 1.82) is 0 Å². The van der Waals surface area contributed by atoms with E-state index in [9.17, 15) is 4.79 Å². The lowest BCUT2D eigenvalue weighted by Gasteiger charge is -2.21. The number of imidazole rings is 1. The molecule has 7 nitrogen and oxygen atoms in total. The zero-order valence-corrected chi connectivity index (χ0v) is 15.7. The second-order valence-electron chi connectivity index (χ2n) is 6.91. The molecule has 1 aliphatic rings. The zero-order valence-electron chi connectivity index (χ0n) is 15.7. The third-order valence-corrected chi connectivity index (χ3v) is 4.76. The van der Waals surface area contributed by atoms with E-state index in [0.717, 1.165) is 36.5 Å². The summed E-state index contributed by atoms with van der Waals surface area (Å²) in [4.78, 5) is 18.4. The van der Waals surface area contributed by atoms with E-state index < -0.39 is 0 Å². The monoisotopic (exact) mass is 356 g/mol. The predicted molar refractivity (Wildman–Crippen MR) is 103 cm³/mol. The molecular weight excluding hydrogens is 328 g/mol. The van der Waals surface area contributed by atoms with Gasteiger partial charge in [0.1, 0.15) is 5.82 Å². The van der Waals surface area contributed by atoms with Crippen LogP contribution in [0, 0.1) is 6.92 Å². The first-order valence-corrected chi connectivity index (χ1v) is 9.20. The Labute approximate surface area is 154 Å². The molecule has 1 aliphatic heterocycles. The zero-order chi connectivity index (χ0) is 18.5. The number of anilines is 1. The van der Waals surface area contributed by atoms with Crippen molar-refractivity contribution in [3.63, 3.8) is 0 Å². The number of nitrogens with one attached hydrogen (secondary N) is 3. The summed E-state index contributed by atoms with van der Waals surface area (Å²) in [5.41, 5.74) is 8.40. The quantitative estimate of drug-likeness (QED) is 0.744. The van der Waals surface area contributed by atoms with Crippen LogP contribution >= 0.6 is 0 Å². The number of likely N-dealkylation sites (N-methyl/N-ethyl adjacent to an activating group) is 1. The van der Waals surface area contributed by atoms with Crippen LogP contribution in [0.2, 0.25) is 0 Å². The highest BCUT2D eigenvalue weighted by Gasteiger charge is 2.25. The Morgan fingerprint density at radius 2 is 2.04 bits per heavy atom. The second-order valence-corrected chi connectivity index (χ2v) is 6.91. The molecule has 2 atom stereocenters. The predicted octanol–water partition coefficient (Wildman–Crippen LogP) is 2.68. The maximum absolute atomic E-state index is 12.4. The van der Waals surface area contributed by atoms with Gasteiger partial charge in [0.2, 0.25) is 0 Å². The van der Waals surface area contributed by atoms with Gasteiger partial charge in [0.25, 0.3) is 0 Å². The van der Waals surface area contributed by atoms with E-state index >= 15 is 0 Å². The summed E-state index contributed by atoms with van der Waals surface area (Å²) in [6, 6.07) is 8.46. The highest BCUT2D eigenvalue weighted by atomic mass is 16.2.